The predicted molar refractivity (Wildman–Crippen MR) is 111 cm³/mol. The van der Waals surface area contributed by atoms with Crippen LogP contribution in [-0.4, -0.2) is 25.3 Å². The van der Waals surface area contributed by atoms with Crippen LogP contribution < -0.4 is 10.2 Å². The molecule has 0 heterocycles. The molecule has 0 fully saturated rings. The maximum absolute atomic E-state index is 12.4. The van der Waals surface area contributed by atoms with Crippen LogP contribution in [0.3, 0.4) is 0 Å². The minimum atomic E-state index is -0.0294. The fourth-order valence-corrected chi connectivity index (χ4v) is 3.70. The van der Waals surface area contributed by atoms with Gasteiger partial charge < -0.3 is 10.2 Å². The van der Waals surface area contributed by atoms with Crippen LogP contribution in [-0.2, 0) is 11.3 Å². The monoisotopic (exact) mass is 376 g/mol. The van der Waals surface area contributed by atoms with Gasteiger partial charge in [0.05, 0.1) is 24.6 Å². The maximum atomic E-state index is 12.4. The maximum Gasteiger partial charge on any atom is 0.279 e. The van der Waals surface area contributed by atoms with E-state index in [4.69, 9.17) is 5.26 Å². The van der Waals surface area contributed by atoms with Crippen LogP contribution in [0, 0.1) is 11.3 Å². The second kappa shape index (κ2) is 9.22. The molecule has 1 atom stereocenters. The van der Waals surface area contributed by atoms with E-state index in [0.29, 0.717) is 12.3 Å². The van der Waals surface area contributed by atoms with Crippen molar-refractivity contribution in [3.05, 3.63) is 72.3 Å². The highest BCUT2D eigenvalue weighted by Gasteiger charge is 2.13. The number of carbonyl (C=O) groups excluding carboxylic acids is 1. The number of para-hydroxylation sites is 1. The number of amides is 1. The van der Waals surface area contributed by atoms with Gasteiger partial charge in [0, 0.05) is 10.5 Å². The number of quaternary nitrogens is 1. The number of nitrogens with zero attached hydrogens (tertiary/aromatic N) is 1. The molecule has 136 valence electrons. The van der Waals surface area contributed by atoms with Gasteiger partial charge >= 0.3 is 0 Å². The van der Waals surface area contributed by atoms with Gasteiger partial charge in [0.15, 0.2) is 6.54 Å². The van der Waals surface area contributed by atoms with E-state index < -0.39 is 0 Å². The van der Waals surface area contributed by atoms with Crippen molar-refractivity contribution >= 4 is 34.1 Å². The van der Waals surface area contributed by atoms with E-state index in [2.05, 4.69) is 41.7 Å². The Morgan fingerprint density at radius 2 is 1.81 bits per heavy atom. The number of nitriles is 1. The lowest BCUT2D eigenvalue weighted by Gasteiger charge is -2.15. The van der Waals surface area contributed by atoms with Crippen molar-refractivity contribution in [3.8, 4) is 6.07 Å². The summed E-state index contributed by atoms with van der Waals surface area (Å²) < 4.78 is 0. The van der Waals surface area contributed by atoms with Gasteiger partial charge in [-0.15, -0.1) is 11.8 Å². The second-order valence-corrected chi connectivity index (χ2v) is 7.50. The van der Waals surface area contributed by atoms with Gasteiger partial charge in [-0.2, -0.15) is 5.26 Å². The van der Waals surface area contributed by atoms with Crippen molar-refractivity contribution in [2.24, 2.45) is 0 Å². The SMILES string of the molecule is C[NH+](CC(=O)Nc1ccccc1SCC#N)Cc1ccc2ccccc2c1. The summed E-state index contributed by atoms with van der Waals surface area (Å²) in [6.45, 7) is 1.16. The fraction of sp³-hybridized carbons (Fsp3) is 0.182. The summed E-state index contributed by atoms with van der Waals surface area (Å²) in [5.74, 6) is 0.332. The number of benzene rings is 3. The third kappa shape index (κ3) is 5.33. The molecule has 5 heteroatoms. The molecule has 0 aliphatic carbocycles. The van der Waals surface area contributed by atoms with Crippen LogP contribution in [0.5, 0.6) is 0 Å². The van der Waals surface area contributed by atoms with Crippen molar-refractivity contribution in [1.82, 2.24) is 0 Å². The molecular formula is C22H22N3OS+. The van der Waals surface area contributed by atoms with Crippen molar-refractivity contribution in [2.75, 3.05) is 24.7 Å². The van der Waals surface area contributed by atoms with Crippen LogP contribution in [0.25, 0.3) is 10.8 Å². The lowest BCUT2D eigenvalue weighted by molar-refractivity contribution is -0.885. The standard InChI is InChI=1S/C22H21N3OS/c1-25(15-17-10-11-18-6-2-3-7-19(18)14-17)16-22(26)24-20-8-4-5-9-21(20)27-13-12-23/h2-11,14H,13,15-16H2,1H3,(H,24,26)/p+1. The van der Waals surface area contributed by atoms with E-state index >= 15 is 0 Å². The Kier molecular flexibility index (Phi) is 6.48. The van der Waals surface area contributed by atoms with Crippen LogP contribution >= 0.6 is 11.8 Å². The first-order chi connectivity index (χ1) is 13.2. The lowest BCUT2D eigenvalue weighted by Crippen LogP contribution is -3.08. The third-order valence-electron chi connectivity index (χ3n) is 4.24. The molecule has 0 radical (unpaired) electrons. The first-order valence-electron chi connectivity index (χ1n) is 8.83. The molecule has 1 unspecified atom stereocenters. The molecule has 0 aliphatic rings. The van der Waals surface area contributed by atoms with Crippen LogP contribution in [0.4, 0.5) is 5.69 Å². The topological polar surface area (TPSA) is 57.3 Å². The zero-order chi connectivity index (χ0) is 19.1. The van der Waals surface area contributed by atoms with Crippen LogP contribution in [0.2, 0.25) is 0 Å². The molecule has 0 aromatic heterocycles. The molecule has 0 spiro atoms. The summed E-state index contributed by atoms with van der Waals surface area (Å²) in [5, 5.41) is 14.2. The van der Waals surface area contributed by atoms with E-state index in [1.807, 2.05) is 43.4 Å². The van der Waals surface area contributed by atoms with Gasteiger partial charge in [-0.25, -0.2) is 0 Å². The van der Waals surface area contributed by atoms with Crippen LogP contribution in [0.15, 0.2) is 71.6 Å². The summed E-state index contributed by atoms with van der Waals surface area (Å²) in [6, 6.07) is 24.4. The van der Waals surface area contributed by atoms with Crippen molar-refractivity contribution < 1.29 is 9.69 Å². The minimum absolute atomic E-state index is 0.0294. The van der Waals surface area contributed by atoms with Gasteiger partial charge in [0.25, 0.3) is 5.91 Å². The quantitative estimate of drug-likeness (QED) is 0.623. The van der Waals surface area contributed by atoms with E-state index in [9.17, 15) is 4.79 Å². The molecule has 0 saturated heterocycles. The highest BCUT2D eigenvalue weighted by Crippen LogP contribution is 2.26. The smallest absolute Gasteiger partial charge is 0.279 e. The van der Waals surface area contributed by atoms with Gasteiger partial charge in [0.1, 0.15) is 6.54 Å². The summed E-state index contributed by atoms with van der Waals surface area (Å²) in [5.41, 5.74) is 1.98. The lowest BCUT2D eigenvalue weighted by atomic mass is 10.1. The Morgan fingerprint density at radius 3 is 2.63 bits per heavy atom. The first-order valence-corrected chi connectivity index (χ1v) is 9.82. The number of likely N-dealkylation sites (N-methyl/N-ethyl adjacent to an activating group) is 1. The van der Waals surface area contributed by atoms with E-state index in [-0.39, 0.29) is 5.91 Å². The van der Waals surface area contributed by atoms with Gasteiger partial charge in [0.2, 0.25) is 0 Å². The molecule has 2 N–H and O–H groups in total. The summed E-state index contributed by atoms with van der Waals surface area (Å²) in [4.78, 5) is 14.5. The molecular weight excluding hydrogens is 354 g/mol. The number of hydrogen-bond donors (Lipinski definition) is 2. The zero-order valence-electron chi connectivity index (χ0n) is 15.2. The molecule has 0 saturated carbocycles. The Bertz CT molecular complexity index is 980. The number of fused-ring (bicyclic) bond motifs is 1. The van der Waals surface area contributed by atoms with E-state index in [1.165, 1.54) is 28.1 Å². The van der Waals surface area contributed by atoms with E-state index in [0.717, 1.165) is 22.0 Å². The molecule has 3 aromatic carbocycles. The first kappa shape index (κ1) is 19.0. The molecule has 0 bridgehead atoms. The van der Waals surface area contributed by atoms with Gasteiger partial charge in [-0.1, -0.05) is 48.5 Å². The zero-order valence-corrected chi connectivity index (χ0v) is 16.1. The molecule has 1 amide bonds. The molecule has 27 heavy (non-hydrogen) atoms. The van der Waals surface area contributed by atoms with Crippen molar-refractivity contribution in [1.29, 1.82) is 5.26 Å². The highest BCUT2D eigenvalue weighted by atomic mass is 32.2. The fourth-order valence-electron chi connectivity index (χ4n) is 3.03. The third-order valence-corrected chi connectivity index (χ3v) is 5.18. The number of hydrogen-bond acceptors (Lipinski definition) is 3. The Labute approximate surface area is 163 Å². The molecule has 0 aliphatic heterocycles. The van der Waals surface area contributed by atoms with E-state index in [1.54, 1.807) is 0 Å². The van der Waals surface area contributed by atoms with Gasteiger partial charge in [-0.05, 0) is 29.0 Å². The predicted octanol–water partition coefficient (Wildman–Crippen LogP) is 3.11. The van der Waals surface area contributed by atoms with Crippen molar-refractivity contribution in [2.45, 2.75) is 11.4 Å². The number of carbonyl (C=O) groups is 1. The number of thioether (sulfide) groups is 1. The number of rotatable bonds is 7. The Morgan fingerprint density at radius 1 is 1.07 bits per heavy atom. The largest absolute Gasteiger partial charge is 0.326 e. The van der Waals surface area contributed by atoms with Gasteiger partial charge in [-0.3, -0.25) is 4.79 Å². The number of anilines is 1. The van der Waals surface area contributed by atoms with Crippen molar-refractivity contribution in [3.63, 3.8) is 0 Å². The average Bonchev–Trinajstić information content (AvgIpc) is 2.67. The summed E-state index contributed by atoms with van der Waals surface area (Å²) >= 11 is 1.43. The van der Waals surface area contributed by atoms with Crippen LogP contribution in [0.1, 0.15) is 5.56 Å². The minimum Gasteiger partial charge on any atom is -0.326 e. The Hall–Kier alpha value is -2.81. The second-order valence-electron chi connectivity index (χ2n) is 6.48. The highest BCUT2D eigenvalue weighted by molar-refractivity contribution is 7.99. The summed E-state index contributed by atoms with van der Waals surface area (Å²) in [7, 11) is 2.02. The average molecular weight is 377 g/mol. The normalized spacial score (nSPS) is 11.7. The summed E-state index contributed by atoms with van der Waals surface area (Å²) in [6.07, 6.45) is 0. The molecule has 4 nitrogen and oxygen atoms in total. The molecule has 3 rings (SSSR count). The number of nitrogens with one attached hydrogen (secondary N) is 2. The Balaban J connectivity index is 1.59. The molecule has 3 aromatic rings.